The Morgan fingerprint density at radius 2 is 1.47 bits per heavy atom. The molecule has 3 fully saturated rings. The van der Waals surface area contributed by atoms with Gasteiger partial charge in [0.05, 0.1) is 0 Å². The van der Waals surface area contributed by atoms with E-state index in [1.165, 1.54) is 70.6 Å². The highest BCUT2D eigenvalue weighted by Crippen LogP contribution is 2.73. The number of hydrogen-bond donors (Lipinski definition) is 0. The van der Waals surface area contributed by atoms with E-state index in [1.54, 1.807) is 0 Å². The molecule has 0 aromatic carbocycles. The Hall–Kier alpha value is 0. The average molecular weight is 417 g/mol. The molecule has 0 saturated heterocycles. The van der Waals surface area contributed by atoms with Crippen molar-refractivity contribution in [3.63, 3.8) is 0 Å². The van der Waals surface area contributed by atoms with Crippen molar-refractivity contribution in [1.29, 1.82) is 0 Å². The van der Waals surface area contributed by atoms with E-state index in [9.17, 15) is 0 Å². The van der Waals surface area contributed by atoms with Gasteiger partial charge in [0, 0.05) is 0 Å². The smallest absolute Gasteiger partial charge is 0.0235 e. The van der Waals surface area contributed by atoms with E-state index < -0.39 is 0 Å². The molecule has 3 saturated carbocycles. The minimum Gasteiger partial charge on any atom is -0.0654 e. The molecule has 0 aromatic heterocycles. The van der Waals surface area contributed by atoms with Gasteiger partial charge in [-0.25, -0.2) is 0 Å². The summed E-state index contributed by atoms with van der Waals surface area (Å²) in [5.41, 5.74) is 1.71. The molecule has 0 heteroatoms. The van der Waals surface area contributed by atoms with Gasteiger partial charge in [-0.05, 0) is 103 Å². The highest BCUT2D eigenvalue weighted by atomic mass is 14.7. The molecule has 0 aromatic rings. The van der Waals surface area contributed by atoms with Crippen LogP contribution in [0.4, 0.5) is 0 Å². The SMILES string of the molecule is CCC[C@]1(C)[C@H]2CC[C@@H]3[C@@H]([C@H](C)CCCC(C)C)CC[C@@]3(C)[C@]2(C)CC[C@H]1C(C)C. The fourth-order valence-electron chi connectivity index (χ4n) is 9.93. The van der Waals surface area contributed by atoms with Crippen LogP contribution < -0.4 is 0 Å². The van der Waals surface area contributed by atoms with Crippen molar-refractivity contribution >= 4 is 0 Å². The Balaban J connectivity index is 1.83. The summed E-state index contributed by atoms with van der Waals surface area (Å²) in [7, 11) is 0. The lowest BCUT2D eigenvalue weighted by Crippen LogP contribution is -2.60. The zero-order valence-corrected chi connectivity index (χ0v) is 22.3. The molecule has 30 heavy (non-hydrogen) atoms. The van der Waals surface area contributed by atoms with E-state index >= 15 is 0 Å². The monoisotopic (exact) mass is 416 g/mol. The number of rotatable bonds is 8. The minimum absolute atomic E-state index is 0.560. The maximum Gasteiger partial charge on any atom is -0.0235 e. The summed E-state index contributed by atoms with van der Waals surface area (Å²) < 4.78 is 0. The molecule has 0 radical (unpaired) electrons. The van der Waals surface area contributed by atoms with Gasteiger partial charge in [0.1, 0.15) is 0 Å². The highest BCUT2D eigenvalue weighted by molar-refractivity contribution is 5.14. The second kappa shape index (κ2) is 9.09. The summed E-state index contributed by atoms with van der Waals surface area (Å²) in [6, 6.07) is 0. The molecule has 0 nitrogen and oxygen atoms in total. The largest absolute Gasteiger partial charge is 0.0654 e. The van der Waals surface area contributed by atoms with Gasteiger partial charge in [0.2, 0.25) is 0 Å². The lowest BCUT2D eigenvalue weighted by molar-refractivity contribution is -0.182. The normalized spacial score (nSPS) is 44.9. The van der Waals surface area contributed by atoms with Crippen LogP contribution in [0.15, 0.2) is 0 Å². The molecule has 176 valence electrons. The quantitative estimate of drug-likeness (QED) is 0.369. The van der Waals surface area contributed by atoms with Crippen LogP contribution in [0.25, 0.3) is 0 Å². The van der Waals surface area contributed by atoms with Crippen LogP contribution in [0.3, 0.4) is 0 Å². The van der Waals surface area contributed by atoms with E-state index in [-0.39, 0.29) is 0 Å². The first-order valence-corrected chi connectivity index (χ1v) is 14.0. The summed E-state index contributed by atoms with van der Waals surface area (Å²) in [4.78, 5) is 0. The average Bonchev–Trinajstić information content (AvgIpc) is 3.00. The third-order valence-electron chi connectivity index (χ3n) is 11.6. The Labute approximate surface area is 190 Å². The van der Waals surface area contributed by atoms with Gasteiger partial charge in [0.25, 0.3) is 0 Å². The van der Waals surface area contributed by atoms with Crippen LogP contribution in [-0.2, 0) is 0 Å². The van der Waals surface area contributed by atoms with Crippen LogP contribution in [0.5, 0.6) is 0 Å². The van der Waals surface area contributed by atoms with Crippen LogP contribution in [0.1, 0.15) is 133 Å². The summed E-state index contributed by atoms with van der Waals surface area (Å²) in [5, 5.41) is 0. The molecule has 3 aliphatic carbocycles. The van der Waals surface area contributed by atoms with Gasteiger partial charge in [-0.3, -0.25) is 0 Å². The zero-order valence-electron chi connectivity index (χ0n) is 22.3. The maximum atomic E-state index is 2.78. The van der Waals surface area contributed by atoms with Gasteiger partial charge >= 0.3 is 0 Å². The Kier molecular flexibility index (Phi) is 7.47. The van der Waals surface area contributed by atoms with Crippen LogP contribution >= 0.6 is 0 Å². The fourth-order valence-corrected chi connectivity index (χ4v) is 9.93. The number of fused-ring (bicyclic) bond motifs is 3. The van der Waals surface area contributed by atoms with E-state index in [1.807, 2.05) is 0 Å². The number of hydrogen-bond acceptors (Lipinski definition) is 0. The first-order valence-electron chi connectivity index (χ1n) is 14.0. The summed E-state index contributed by atoms with van der Waals surface area (Å²) in [6.45, 7) is 23.1. The van der Waals surface area contributed by atoms with Crippen molar-refractivity contribution in [1.82, 2.24) is 0 Å². The van der Waals surface area contributed by atoms with Gasteiger partial charge in [-0.2, -0.15) is 0 Å². The topological polar surface area (TPSA) is 0 Å². The maximum absolute atomic E-state index is 2.78. The molecule has 0 unspecified atom stereocenters. The molecule has 0 bridgehead atoms. The lowest BCUT2D eigenvalue weighted by atomic mass is 9.38. The van der Waals surface area contributed by atoms with Crippen molar-refractivity contribution in [3.05, 3.63) is 0 Å². The predicted octanol–water partition coefficient (Wildman–Crippen LogP) is 9.77. The van der Waals surface area contributed by atoms with Gasteiger partial charge in [0.15, 0.2) is 0 Å². The third-order valence-corrected chi connectivity index (χ3v) is 11.6. The molecule has 3 aliphatic rings. The first kappa shape index (κ1) is 24.6. The second-order valence-electron chi connectivity index (χ2n) is 13.7. The van der Waals surface area contributed by atoms with Crippen LogP contribution in [0.2, 0.25) is 0 Å². The lowest BCUT2D eigenvalue weighted by Gasteiger charge is -2.67. The third kappa shape index (κ3) is 3.94. The van der Waals surface area contributed by atoms with Crippen molar-refractivity contribution in [2.24, 2.45) is 57.7 Å². The minimum atomic E-state index is 0.560. The van der Waals surface area contributed by atoms with Gasteiger partial charge in [-0.1, -0.05) is 88.0 Å². The highest BCUT2D eigenvalue weighted by Gasteiger charge is 2.66. The molecule has 0 spiro atoms. The standard InChI is InChI=1S/C30H56/c1-10-18-28(7)25(22(4)5)17-20-30(9)27(28)15-14-26-24(16-19-29(26,30)8)23(6)13-11-12-21(2)3/h21-27H,10-20H2,1-9H3/t23-,24-,25+,26-,27-,28+,29-,30-/m1/s1. The second-order valence-corrected chi connectivity index (χ2v) is 13.7. The Morgan fingerprint density at radius 3 is 2.07 bits per heavy atom. The first-order chi connectivity index (χ1) is 14.0. The summed E-state index contributed by atoms with van der Waals surface area (Å²) >= 11 is 0. The molecule has 3 rings (SSSR count). The van der Waals surface area contributed by atoms with Crippen molar-refractivity contribution in [2.75, 3.05) is 0 Å². The summed E-state index contributed by atoms with van der Waals surface area (Å²) in [5.74, 6) is 6.52. The van der Waals surface area contributed by atoms with E-state index in [4.69, 9.17) is 0 Å². The molecule has 8 atom stereocenters. The molecular formula is C30H56. The Morgan fingerprint density at radius 1 is 0.800 bits per heavy atom. The predicted molar refractivity (Wildman–Crippen MR) is 134 cm³/mol. The van der Waals surface area contributed by atoms with Gasteiger partial charge < -0.3 is 0 Å². The zero-order chi connectivity index (χ0) is 22.3. The van der Waals surface area contributed by atoms with E-state index in [0.717, 1.165) is 41.4 Å². The van der Waals surface area contributed by atoms with Crippen LogP contribution in [-0.4, -0.2) is 0 Å². The van der Waals surface area contributed by atoms with Crippen molar-refractivity contribution in [2.45, 2.75) is 133 Å². The molecule has 0 N–H and O–H groups in total. The molecule has 0 amide bonds. The van der Waals surface area contributed by atoms with Gasteiger partial charge in [-0.15, -0.1) is 0 Å². The van der Waals surface area contributed by atoms with Crippen molar-refractivity contribution < 1.29 is 0 Å². The van der Waals surface area contributed by atoms with E-state index in [2.05, 4.69) is 62.3 Å². The molecule has 0 aliphatic heterocycles. The fraction of sp³-hybridized carbons (Fsp3) is 1.00. The molecule has 0 heterocycles. The van der Waals surface area contributed by atoms with E-state index in [0.29, 0.717) is 16.2 Å². The van der Waals surface area contributed by atoms with Crippen molar-refractivity contribution in [3.8, 4) is 0 Å². The Bertz CT molecular complexity index is 560. The molecular weight excluding hydrogens is 360 g/mol. The summed E-state index contributed by atoms with van der Waals surface area (Å²) in [6.07, 6.45) is 16.2. The van der Waals surface area contributed by atoms with Crippen LogP contribution in [0, 0.1) is 57.7 Å².